The van der Waals surface area contributed by atoms with Gasteiger partial charge in [0.25, 0.3) is 0 Å². The van der Waals surface area contributed by atoms with Gasteiger partial charge in [-0.15, -0.1) is 5.10 Å². The summed E-state index contributed by atoms with van der Waals surface area (Å²) in [4.78, 5) is 16.1. The molecule has 128 valence electrons. The van der Waals surface area contributed by atoms with E-state index in [0.29, 0.717) is 5.16 Å². The number of esters is 1. The molecule has 7 heteroatoms. The van der Waals surface area contributed by atoms with E-state index in [4.69, 9.17) is 9.47 Å². The van der Waals surface area contributed by atoms with Crippen LogP contribution < -0.4 is 4.74 Å². The Bertz CT molecular complexity index is 819. The van der Waals surface area contributed by atoms with Crippen LogP contribution in [0.25, 0.3) is 5.69 Å². The Morgan fingerprint density at radius 3 is 2.60 bits per heavy atom. The minimum absolute atomic E-state index is 0.162. The molecule has 2 aromatic carbocycles. The first-order chi connectivity index (χ1) is 12.2. The van der Waals surface area contributed by atoms with Gasteiger partial charge < -0.3 is 9.47 Å². The number of para-hydroxylation sites is 1. The van der Waals surface area contributed by atoms with Crippen molar-refractivity contribution < 1.29 is 14.3 Å². The molecule has 0 fully saturated rings. The zero-order valence-corrected chi connectivity index (χ0v) is 14.5. The summed E-state index contributed by atoms with van der Waals surface area (Å²) in [5.41, 5.74) is 1.83. The van der Waals surface area contributed by atoms with Gasteiger partial charge in [-0.2, -0.15) is 0 Å². The van der Waals surface area contributed by atoms with E-state index < -0.39 is 0 Å². The maximum Gasteiger partial charge on any atom is 0.316 e. The van der Waals surface area contributed by atoms with Crippen molar-refractivity contribution >= 4 is 17.7 Å². The normalized spacial score (nSPS) is 10.4. The van der Waals surface area contributed by atoms with Gasteiger partial charge in [0, 0.05) is 0 Å². The Morgan fingerprint density at radius 1 is 1.12 bits per heavy atom. The smallest absolute Gasteiger partial charge is 0.316 e. The Hall–Kier alpha value is -2.80. The van der Waals surface area contributed by atoms with Gasteiger partial charge in [-0.05, 0) is 29.8 Å². The first-order valence-electron chi connectivity index (χ1n) is 7.63. The molecular weight excluding hydrogens is 338 g/mol. The van der Waals surface area contributed by atoms with Crippen molar-refractivity contribution in [2.45, 2.75) is 11.8 Å². The molecule has 1 heterocycles. The van der Waals surface area contributed by atoms with Crippen molar-refractivity contribution in [3.63, 3.8) is 0 Å². The van der Waals surface area contributed by atoms with Crippen LogP contribution in [-0.4, -0.2) is 33.6 Å². The van der Waals surface area contributed by atoms with Crippen LogP contribution in [-0.2, 0) is 16.1 Å². The van der Waals surface area contributed by atoms with Crippen LogP contribution in [0.1, 0.15) is 5.56 Å². The summed E-state index contributed by atoms with van der Waals surface area (Å²) in [6, 6.07) is 17.1. The second kappa shape index (κ2) is 8.34. The average Bonchev–Trinajstić information content (AvgIpc) is 3.15. The van der Waals surface area contributed by atoms with Crippen LogP contribution in [0.5, 0.6) is 5.75 Å². The molecule has 0 saturated heterocycles. The zero-order valence-electron chi connectivity index (χ0n) is 13.7. The number of thioether (sulfide) groups is 1. The quantitative estimate of drug-likeness (QED) is 0.479. The zero-order chi connectivity index (χ0) is 17.5. The molecule has 0 spiro atoms. The summed E-state index contributed by atoms with van der Waals surface area (Å²) in [7, 11) is 1.61. The topological polar surface area (TPSA) is 66.2 Å². The third kappa shape index (κ3) is 4.84. The van der Waals surface area contributed by atoms with Crippen LogP contribution in [0.4, 0.5) is 0 Å². The molecule has 0 amide bonds. The molecule has 0 aliphatic rings. The number of hydrogen-bond acceptors (Lipinski definition) is 6. The highest BCUT2D eigenvalue weighted by atomic mass is 32.2. The van der Waals surface area contributed by atoms with E-state index in [0.717, 1.165) is 17.0 Å². The summed E-state index contributed by atoms with van der Waals surface area (Å²) in [5.74, 6) is 0.622. The molecule has 3 aromatic rings. The first kappa shape index (κ1) is 17.0. The standard InChI is InChI=1S/C18H17N3O3S/c1-23-16-9-7-14(8-10-16)11-24-17(22)12-25-18-19-13-21(20-18)15-5-3-2-4-6-15/h2-10,13H,11-12H2,1H3. The third-order valence-corrected chi connectivity index (χ3v) is 4.19. The second-order valence-corrected chi connectivity index (χ2v) is 6.05. The van der Waals surface area contributed by atoms with Crippen molar-refractivity contribution in [2.75, 3.05) is 12.9 Å². The van der Waals surface area contributed by atoms with Gasteiger partial charge >= 0.3 is 5.97 Å². The van der Waals surface area contributed by atoms with Crippen LogP contribution in [0.2, 0.25) is 0 Å². The predicted octanol–water partition coefficient (Wildman–Crippen LogP) is 3.11. The van der Waals surface area contributed by atoms with Crippen molar-refractivity contribution in [3.05, 3.63) is 66.5 Å². The van der Waals surface area contributed by atoms with Gasteiger partial charge in [-0.3, -0.25) is 4.79 Å². The summed E-state index contributed by atoms with van der Waals surface area (Å²) >= 11 is 1.25. The third-order valence-electron chi connectivity index (χ3n) is 3.37. The number of carbonyl (C=O) groups is 1. The molecular formula is C18H17N3O3S. The van der Waals surface area contributed by atoms with Gasteiger partial charge in [-0.1, -0.05) is 42.1 Å². The molecule has 6 nitrogen and oxygen atoms in total. The van der Waals surface area contributed by atoms with E-state index in [9.17, 15) is 4.79 Å². The van der Waals surface area contributed by atoms with Crippen molar-refractivity contribution in [1.29, 1.82) is 0 Å². The van der Waals surface area contributed by atoms with E-state index in [1.165, 1.54) is 11.8 Å². The fourth-order valence-corrected chi connectivity index (χ4v) is 2.67. The molecule has 0 N–H and O–H groups in total. The Kier molecular flexibility index (Phi) is 5.69. The van der Waals surface area contributed by atoms with E-state index >= 15 is 0 Å². The van der Waals surface area contributed by atoms with Crippen molar-refractivity contribution in [2.24, 2.45) is 0 Å². The van der Waals surface area contributed by atoms with Crippen LogP contribution in [0, 0.1) is 0 Å². The summed E-state index contributed by atoms with van der Waals surface area (Å²) < 4.78 is 12.0. The lowest BCUT2D eigenvalue weighted by Crippen LogP contribution is -2.07. The first-order valence-corrected chi connectivity index (χ1v) is 8.61. The fourth-order valence-electron chi connectivity index (χ4n) is 2.07. The molecule has 0 radical (unpaired) electrons. The molecule has 3 rings (SSSR count). The second-order valence-electron chi connectivity index (χ2n) is 5.10. The number of methoxy groups -OCH3 is 1. The Labute approximate surface area is 149 Å². The monoisotopic (exact) mass is 355 g/mol. The molecule has 0 bridgehead atoms. The van der Waals surface area contributed by atoms with Gasteiger partial charge in [0.15, 0.2) is 0 Å². The number of aromatic nitrogens is 3. The van der Waals surface area contributed by atoms with Gasteiger partial charge in [0.05, 0.1) is 18.6 Å². The van der Waals surface area contributed by atoms with Gasteiger partial charge in [0.2, 0.25) is 5.16 Å². The van der Waals surface area contributed by atoms with Crippen molar-refractivity contribution in [1.82, 2.24) is 14.8 Å². The number of rotatable bonds is 7. The molecule has 0 aliphatic heterocycles. The van der Waals surface area contributed by atoms with Crippen molar-refractivity contribution in [3.8, 4) is 11.4 Å². The summed E-state index contributed by atoms with van der Waals surface area (Å²) in [6.45, 7) is 0.231. The summed E-state index contributed by atoms with van der Waals surface area (Å²) in [6.07, 6.45) is 1.63. The number of hydrogen-bond donors (Lipinski definition) is 0. The van der Waals surface area contributed by atoms with Gasteiger partial charge in [0.1, 0.15) is 18.7 Å². The molecule has 0 unspecified atom stereocenters. The summed E-state index contributed by atoms with van der Waals surface area (Å²) in [5, 5.41) is 4.87. The SMILES string of the molecule is COc1ccc(COC(=O)CSc2ncn(-c3ccccc3)n2)cc1. The average molecular weight is 355 g/mol. The lowest BCUT2D eigenvalue weighted by atomic mass is 10.2. The minimum atomic E-state index is -0.308. The largest absolute Gasteiger partial charge is 0.497 e. The molecule has 0 atom stereocenters. The fraction of sp³-hybridized carbons (Fsp3) is 0.167. The number of carbonyl (C=O) groups excluding carboxylic acids is 1. The Balaban J connectivity index is 1.46. The number of nitrogens with zero attached hydrogens (tertiary/aromatic N) is 3. The highest BCUT2D eigenvalue weighted by molar-refractivity contribution is 7.99. The van der Waals surface area contributed by atoms with E-state index in [2.05, 4.69) is 10.1 Å². The minimum Gasteiger partial charge on any atom is -0.497 e. The lowest BCUT2D eigenvalue weighted by molar-refractivity contribution is -0.141. The van der Waals surface area contributed by atoms with E-state index in [1.54, 1.807) is 18.1 Å². The molecule has 0 saturated carbocycles. The van der Waals surface area contributed by atoms with Crippen LogP contribution in [0.15, 0.2) is 66.1 Å². The van der Waals surface area contributed by atoms with Crippen LogP contribution in [0.3, 0.4) is 0 Å². The highest BCUT2D eigenvalue weighted by Gasteiger charge is 2.09. The maximum absolute atomic E-state index is 11.9. The number of benzene rings is 2. The highest BCUT2D eigenvalue weighted by Crippen LogP contribution is 2.15. The lowest BCUT2D eigenvalue weighted by Gasteiger charge is -2.05. The molecule has 1 aromatic heterocycles. The van der Waals surface area contributed by atoms with Crippen LogP contribution >= 0.6 is 11.8 Å². The molecule has 25 heavy (non-hydrogen) atoms. The molecule has 0 aliphatic carbocycles. The van der Waals surface area contributed by atoms with E-state index in [-0.39, 0.29) is 18.3 Å². The Morgan fingerprint density at radius 2 is 1.88 bits per heavy atom. The maximum atomic E-state index is 11.9. The van der Waals surface area contributed by atoms with E-state index in [1.807, 2.05) is 54.6 Å². The predicted molar refractivity (Wildman–Crippen MR) is 94.9 cm³/mol. The van der Waals surface area contributed by atoms with Gasteiger partial charge in [-0.25, -0.2) is 9.67 Å². The number of ether oxygens (including phenoxy) is 2.